The number of nitrogens with one attached hydrogen (secondary N) is 1. The number of halogens is 1. The van der Waals surface area contributed by atoms with E-state index in [9.17, 15) is 9.90 Å². The first-order valence-corrected chi connectivity index (χ1v) is 12.5. The first-order valence-electron chi connectivity index (χ1n) is 12.1. The summed E-state index contributed by atoms with van der Waals surface area (Å²) in [5.41, 5.74) is 6.04. The number of ether oxygens (including phenoxy) is 1. The van der Waals surface area contributed by atoms with Crippen molar-refractivity contribution in [2.45, 2.75) is 49.5 Å². The number of hydrogen-bond donors (Lipinski definition) is 2. The summed E-state index contributed by atoms with van der Waals surface area (Å²) >= 11 is 6.24. The van der Waals surface area contributed by atoms with Gasteiger partial charge in [0.2, 0.25) is 0 Å². The normalized spacial score (nSPS) is 27.1. The van der Waals surface area contributed by atoms with Gasteiger partial charge in [0.1, 0.15) is 5.75 Å². The van der Waals surface area contributed by atoms with Crippen molar-refractivity contribution in [1.82, 2.24) is 0 Å². The molecule has 1 fully saturated rings. The van der Waals surface area contributed by atoms with Crippen molar-refractivity contribution < 1.29 is 14.6 Å². The second-order valence-corrected chi connectivity index (χ2v) is 10.4. The number of fused-ring (bicyclic) bond motifs is 3. The molecule has 6 rings (SSSR count). The minimum absolute atomic E-state index is 0.139. The van der Waals surface area contributed by atoms with Gasteiger partial charge in [0, 0.05) is 34.5 Å². The van der Waals surface area contributed by atoms with E-state index in [1.54, 1.807) is 0 Å². The average Bonchev–Trinajstić information content (AvgIpc) is 3.43. The van der Waals surface area contributed by atoms with Crippen LogP contribution in [0.25, 0.3) is 0 Å². The van der Waals surface area contributed by atoms with Crippen molar-refractivity contribution >= 4 is 23.3 Å². The molecule has 1 spiro atoms. The molecule has 3 aliphatic rings. The molecule has 0 bridgehead atoms. The molecule has 1 saturated carbocycles. The van der Waals surface area contributed by atoms with Crippen molar-refractivity contribution in [2.75, 3.05) is 11.9 Å². The van der Waals surface area contributed by atoms with E-state index in [2.05, 4.69) is 47.8 Å². The van der Waals surface area contributed by atoms with Crippen LogP contribution in [0.4, 0.5) is 5.69 Å². The van der Waals surface area contributed by atoms with Crippen LogP contribution in [0, 0.1) is 5.92 Å². The highest BCUT2D eigenvalue weighted by atomic mass is 35.5. The maximum atomic E-state index is 12.3. The zero-order valence-electron chi connectivity index (χ0n) is 19.0. The van der Waals surface area contributed by atoms with Crippen molar-refractivity contribution in [2.24, 2.45) is 5.92 Å². The largest absolute Gasteiger partial charge is 0.493 e. The fourth-order valence-electron chi connectivity index (χ4n) is 6.76. The molecule has 0 saturated heterocycles. The summed E-state index contributed by atoms with van der Waals surface area (Å²) in [7, 11) is 0. The van der Waals surface area contributed by atoms with Gasteiger partial charge in [-0.3, -0.25) is 4.79 Å². The monoisotopic (exact) mass is 473 g/mol. The molecule has 5 heteroatoms. The van der Waals surface area contributed by atoms with E-state index in [1.807, 2.05) is 24.3 Å². The lowest BCUT2D eigenvalue weighted by Gasteiger charge is -2.46. The van der Waals surface area contributed by atoms with Crippen LogP contribution in [0.3, 0.4) is 0 Å². The topological polar surface area (TPSA) is 58.6 Å². The Bertz CT molecular complexity index is 1260. The molecule has 174 valence electrons. The van der Waals surface area contributed by atoms with E-state index < -0.39 is 11.9 Å². The number of hydrogen-bond acceptors (Lipinski definition) is 3. The van der Waals surface area contributed by atoms with Crippen LogP contribution in [-0.2, 0) is 23.1 Å². The Morgan fingerprint density at radius 1 is 1.06 bits per heavy atom. The van der Waals surface area contributed by atoms with E-state index in [0.29, 0.717) is 11.4 Å². The Kier molecular flexibility index (Phi) is 5.29. The molecule has 34 heavy (non-hydrogen) atoms. The Hall–Kier alpha value is -2.98. The third-order valence-electron chi connectivity index (χ3n) is 8.23. The van der Waals surface area contributed by atoms with Crippen LogP contribution >= 0.6 is 11.6 Å². The smallest absolute Gasteiger partial charge is 0.308 e. The molecule has 1 aliphatic heterocycles. The highest BCUT2D eigenvalue weighted by Crippen LogP contribution is 2.59. The molecule has 3 aromatic carbocycles. The summed E-state index contributed by atoms with van der Waals surface area (Å²) in [5.74, 6) is 0.132. The molecule has 4 atom stereocenters. The summed E-state index contributed by atoms with van der Waals surface area (Å²) < 4.78 is 6.15. The zero-order valence-corrected chi connectivity index (χ0v) is 19.7. The van der Waals surface area contributed by atoms with E-state index in [4.69, 9.17) is 16.3 Å². The number of anilines is 1. The van der Waals surface area contributed by atoms with Crippen LogP contribution in [0.5, 0.6) is 5.75 Å². The van der Waals surface area contributed by atoms with Crippen LogP contribution in [0.2, 0.25) is 5.02 Å². The predicted molar refractivity (Wildman–Crippen MR) is 134 cm³/mol. The Labute approximate surface area is 204 Å². The van der Waals surface area contributed by atoms with E-state index in [1.165, 1.54) is 22.3 Å². The molecule has 2 aliphatic carbocycles. The molecule has 1 heterocycles. The van der Waals surface area contributed by atoms with Gasteiger partial charge in [-0.2, -0.15) is 0 Å². The van der Waals surface area contributed by atoms with Crippen LogP contribution in [0.1, 0.15) is 47.4 Å². The highest BCUT2D eigenvalue weighted by molar-refractivity contribution is 6.30. The first-order chi connectivity index (χ1) is 16.5. The van der Waals surface area contributed by atoms with Gasteiger partial charge in [0.05, 0.1) is 12.5 Å². The van der Waals surface area contributed by atoms with Gasteiger partial charge in [0.15, 0.2) is 0 Å². The van der Waals surface area contributed by atoms with Crippen LogP contribution < -0.4 is 10.1 Å². The van der Waals surface area contributed by atoms with Gasteiger partial charge >= 0.3 is 5.97 Å². The maximum absolute atomic E-state index is 12.3. The Morgan fingerprint density at radius 2 is 1.88 bits per heavy atom. The van der Waals surface area contributed by atoms with Crippen molar-refractivity contribution in [3.63, 3.8) is 0 Å². The predicted octanol–water partition coefficient (Wildman–Crippen LogP) is 6.22. The lowest BCUT2D eigenvalue weighted by atomic mass is 9.59. The Balaban J connectivity index is 1.44. The van der Waals surface area contributed by atoms with Crippen molar-refractivity contribution in [1.29, 1.82) is 0 Å². The Morgan fingerprint density at radius 3 is 2.74 bits per heavy atom. The number of para-hydroxylation sites is 1. The molecule has 0 amide bonds. The van der Waals surface area contributed by atoms with Gasteiger partial charge in [-0.1, -0.05) is 60.1 Å². The van der Waals surface area contributed by atoms with Crippen molar-refractivity contribution in [3.8, 4) is 5.75 Å². The maximum Gasteiger partial charge on any atom is 0.308 e. The van der Waals surface area contributed by atoms with E-state index in [-0.39, 0.29) is 17.4 Å². The van der Waals surface area contributed by atoms with Gasteiger partial charge < -0.3 is 15.2 Å². The number of carboxylic acids is 1. The molecular formula is C29H28ClNO3. The standard InChI is InChI=1S/C29H28ClNO3/c30-20-7-4-8-21(16-20)31-26-17-29(13-11-23(26)28(32)33)24-10-2-1-5-19(24)15-25(29)22-9-3-6-18-12-14-34-27(18)22/h1-10,16,23,25-26,31H,11-15,17H2,(H,32,33)/t23-,25?,26?,29-/m0/s1. The molecule has 2 N–H and O–H groups in total. The molecule has 0 aromatic heterocycles. The first kappa shape index (κ1) is 21.5. The fourth-order valence-corrected chi connectivity index (χ4v) is 6.95. The summed E-state index contributed by atoms with van der Waals surface area (Å²) in [5, 5.41) is 14.3. The summed E-state index contributed by atoms with van der Waals surface area (Å²) in [4.78, 5) is 12.3. The minimum Gasteiger partial charge on any atom is -0.493 e. The van der Waals surface area contributed by atoms with Gasteiger partial charge in [-0.05, 0) is 66.1 Å². The van der Waals surface area contributed by atoms with E-state index in [0.717, 1.165) is 43.7 Å². The van der Waals surface area contributed by atoms with Gasteiger partial charge in [-0.25, -0.2) is 0 Å². The minimum atomic E-state index is -0.735. The summed E-state index contributed by atoms with van der Waals surface area (Å²) in [6.45, 7) is 0.735. The molecular weight excluding hydrogens is 446 g/mol. The summed E-state index contributed by atoms with van der Waals surface area (Å²) in [6, 6.07) is 22.7. The summed E-state index contributed by atoms with van der Waals surface area (Å²) in [6.07, 6.45) is 4.15. The third kappa shape index (κ3) is 3.47. The lowest BCUT2D eigenvalue weighted by molar-refractivity contribution is -0.143. The van der Waals surface area contributed by atoms with Gasteiger partial charge in [-0.15, -0.1) is 0 Å². The fraction of sp³-hybridized carbons (Fsp3) is 0.345. The molecule has 2 unspecified atom stereocenters. The number of carbonyl (C=O) groups is 1. The molecule has 3 aromatic rings. The number of aliphatic carboxylic acids is 1. The molecule has 0 radical (unpaired) electrons. The average molecular weight is 474 g/mol. The number of benzene rings is 3. The number of rotatable bonds is 4. The zero-order chi connectivity index (χ0) is 23.3. The lowest BCUT2D eigenvalue weighted by Crippen LogP contribution is -2.48. The molecule has 4 nitrogen and oxygen atoms in total. The highest BCUT2D eigenvalue weighted by Gasteiger charge is 2.53. The second-order valence-electron chi connectivity index (χ2n) is 9.95. The van der Waals surface area contributed by atoms with E-state index >= 15 is 0 Å². The third-order valence-corrected chi connectivity index (χ3v) is 8.47. The number of carboxylic acid groups (broad SMARTS) is 1. The quantitative estimate of drug-likeness (QED) is 0.472. The van der Waals surface area contributed by atoms with Gasteiger partial charge in [0.25, 0.3) is 0 Å². The van der Waals surface area contributed by atoms with Crippen LogP contribution in [0.15, 0.2) is 66.7 Å². The van der Waals surface area contributed by atoms with Crippen molar-refractivity contribution in [3.05, 3.63) is 94.0 Å². The second kappa shape index (κ2) is 8.35. The van der Waals surface area contributed by atoms with Crippen LogP contribution in [-0.4, -0.2) is 23.7 Å². The SMILES string of the molecule is O=C(O)[C@H]1CC[C@]2(CC1Nc1cccc(Cl)c1)c1ccccc1CC2c1cccc2c1OCC2.